The molecule has 612 valence electrons. The first kappa shape index (κ1) is 90.6. The summed E-state index contributed by atoms with van der Waals surface area (Å²) in [6, 6.07) is 60.0. The van der Waals surface area contributed by atoms with E-state index < -0.39 is 33.6 Å². The lowest BCUT2D eigenvalue weighted by Crippen LogP contribution is -2.35. The van der Waals surface area contributed by atoms with Gasteiger partial charge in [-0.25, -0.2) is 28.8 Å². The average Bonchev–Trinajstić information content (AvgIpc) is 1.57. The van der Waals surface area contributed by atoms with Gasteiger partial charge < -0.3 is 28.4 Å². The Morgan fingerprint density at radius 3 is 0.696 bits per heavy atom. The van der Waals surface area contributed by atoms with Gasteiger partial charge in [0.05, 0.1) is 0 Å². The van der Waals surface area contributed by atoms with Crippen molar-refractivity contribution in [2.75, 3.05) is 0 Å². The second-order valence-corrected chi connectivity index (χ2v) is 34.1. The molecule has 6 fully saturated rings. The van der Waals surface area contributed by atoms with Gasteiger partial charge in [-0.15, -0.1) is 0 Å². The molecule has 0 aromatic heterocycles. The first-order valence-corrected chi connectivity index (χ1v) is 41.9. The van der Waals surface area contributed by atoms with Crippen LogP contribution in [-0.2, 0) is 96.2 Å². The van der Waals surface area contributed by atoms with E-state index in [1.54, 1.807) is 41.5 Å². The maximum atomic E-state index is 12.1. The average molecular weight is 1560 g/mol. The highest BCUT2D eigenvalue weighted by Gasteiger charge is 2.44. The molecule has 12 heteroatoms. The standard InChI is InChI=1S/C20H28O2.C19H20O2.C17H22O2.2C16H20O2.C15H18O2/c1-15(2)18(21)22-20(13-7-6-8-14-20)17-11-9-16(10-12-17)19(3,4)5;1-14(2)18(20)21-19(11-5-6-12-19)17-10-9-15-7-3-4-8-16(15)13-17;1-13(2)16(18)19-17(11-5-4-6-12-17)15-9-7-14(3)8-10-15;1-12(2)15(17)18-16(10-4-5-11-16)14-8-6-13(3)7-9-14;1-13(2)15(17)18-16(11-7-4-8-12-16)14-9-5-3-6-10-14;1-12(2)14(16)17-15(10-6-7-11-15)13-8-4-3-5-9-13/h9-12H,1,6-8,13-14H2,2-5H3;3-4,7-10,13H,1,5-6,11-12H2,2H3;7-10H,1,4-6,11-12H2,2-3H3;6-9H,1,4-5,10-11H2,2-3H3;3,5-6,9-10H,1,4,7-8,11-12H2,2H3;3-5,8-9H,1,6-7,10-11H2,2H3. The van der Waals surface area contributed by atoms with E-state index in [0.717, 1.165) is 187 Å². The molecule has 13 rings (SSSR count). The Morgan fingerprint density at radius 2 is 0.452 bits per heavy atom. The van der Waals surface area contributed by atoms with Crippen molar-refractivity contribution in [3.63, 3.8) is 0 Å². The monoisotopic (exact) mass is 1560 g/mol. The third-order valence-electron chi connectivity index (χ3n) is 23.3. The summed E-state index contributed by atoms with van der Waals surface area (Å²) in [7, 11) is 0. The number of carbonyl (C=O) groups excluding carboxylic acids is 6. The van der Waals surface area contributed by atoms with E-state index in [9.17, 15) is 28.8 Å². The van der Waals surface area contributed by atoms with Crippen molar-refractivity contribution >= 4 is 46.6 Å². The molecule has 0 amide bonds. The zero-order valence-corrected chi connectivity index (χ0v) is 71.0. The van der Waals surface area contributed by atoms with Crippen LogP contribution >= 0.6 is 0 Å². The molecular formula is C103H128O12. The maximum Gasteiger partial charge on any atom is 0.333 e. The number of hydrogen-bond acceptors (Lipinski definition) is 12. The van der Waals surface area contributed by atoms with Gasteiger partial charge in [-0.2, -0.15) is 0 Å². The topological polar surface area (TPSA) is 158 Å². The molecule has 6 aliphatic rings. The number of ether oxygens (including phenoxy) is 6. The van der Waals surface area contributed by atoms with Crippen LogP contribution in [0.4, 0.5) is 0 Å². The fourth-order valence-corrected chi connectivity index (χ4v) is 16.4. The fourth-order valence-electron chi connectivity index (χ4n) is 16.4. The van der Waals surface area contributed by atoms with Crippen LogP contribution in [0, 0.1) is 13.8 Å². The highest BCUT2D eigenvalue weighted by atomic mass is 16.6. The molecule has 7 aromatic carbocycles. The largest absolute Gasteiger partial charge is 0.451 e. The molecule has 12 nitrogen and oxygen atoms in total. The normalized spacial score (nSPS) is 17.6. The maximum absolute atomic E-state index is 12.1. The van der Waals surface area contributed by atoms with Crippen LogP contribution in [-0.4, -0.2) is 35.8 Å². The predicted molar refractivity (Wildman–Crippen MR) is 464 cm³/mol. The summed E-state index contributed by atoms with van der Waals surface area (Å²) in [6.07, 6.45) is 27.8. The van der Waals surface area contributed by atoms with Crippen molar-refractivity contribution in [1.29, 1.82) is 0 Å². The van der Waals surface area contributed by atoms with E-state index in [1.165, 1.54) is 46.7 Å². The van der Waals surface area contributed by atoms with Gasteiger partial charge >= 0.3 is 35.8 Å². The third-order valence-corrected chi connectivity index (χ3v) is 23.3. The Morgan fingerprint density at radius 1 is 0.252 bits per heavy atom. The second kappa shape index (κ2) is 41.6. The molecule has 115 heavy (non-hydrogen) atoms. The van der Waals surface area contributed by atoms with Crippen LogP contribution < -0.4 is 0 Å². The Labute approximate surface area is 687 Å². The van der Waals surface area contributed by atoms with Crippen molar-refractivity contribution in [3.05, 3.63) is 299 Å². The minimum atomic E-state index is -0.472. The molecule has 0 atom stereocenters. The molecule has 0 aliphatic heterocycles. The minimum absolute atomic E-state index is 0.132. The molecule has 0 spiro atoms. The first-order valence-electron chi connectivity index (χ1n) is 41.9. The van der Waals surface area contributed by atoms with Crippen LogP contribution in [0.3, 0.4) is 0 Å². The number of fused-ring (bicyclic) bond motifs is 1. The summed E-state index contributed by atoms with van der Waals surface area (Å²) >= 11 is 0. The van der Waals surface area contributed by atoms with Gasteiger partial charge in [0.2, 0.25) is 0 Å². The van der Waals surface area contributed by atoms with Gasteiger partial charge in [0.1, 0.15) is 33.6 Å². The number of hydrogen-bond donors (Lipinski definition) is 0. The summed E-state index contributed by atoms with van der Waals surface area (Å²) in [5, 5.41) is 2.40. The highest BCUT2D eigenvalue weighted by Crippen LogP contribution is 2.48. The van der Waals surface area contributed by atoms with Gasteiger partial charge in [-0.3, -0.25) is 0 Å². The van der Waals surface area contributed by atoms with E-state index in [4.69, 9.17) is 28.4 Å². The van der Waals surface area contributed by atoms with Crippen LogP contribution in [0.15, 0.2) is 249 Å². The zero-order chi connectivity index (χ0) is 83.6. The van der Waals surface area contributed by atoms with Gasteiger partial charge in [-0.1, -0.05) is 260 Å². The molecule has 0 heterocycles. The molecule has 0 saturated heterocycles. The van der Waals surface area contributed by atoms with E-state index >= 15 is 0 Å². The lowest BCUT2D eigenvalue weighted by atomic mass is 9.78. The molecular weight excluding hydrogens is 1430 g/mol. The summed E-state index contributed by atoms with van der Waals surface area (Å²) in [6.45, 7) is 43.0. The highest BCUT2D eigenvalue weighted by molar-refractivity contribution is 5.90. The van der Waals surface area contributed by atoms with Crippen molar-refractivity contribution in [3.8, 4) is 0 Å². The molecule has 0 bridgehead atoms. The Kier molecular flexibility index (Phi) is 32.7. The van der Waals surface area contributed by atoms with Gasteiger partial charge in [0.15, 0.2) is 0 Å². The van der Waals surface area contributed by atoms with Crippen LogP contribution in [0.2, 0.25) is 0 Å². The number of aryl methyl sites for hydroxylation is 2. The Hall–Kier alpha value is -9.94. The van der Waals surface area contributed by atoms with Gasteiger partial charge in [-0.05, 0) is 271 Å². The van der Waals surface area contributed by atoms with E-state index in [2.05, 4.69) is 189 Å². The van der Waals surface area contributed by atoms with E-state index in [1.807, 2.05) is 60.7 Å². The van der Waals surface area contributed by atoms with Crippen LogP contribution in [0.5, 0.6) is 0 Å². The second-order valence-electron chi connectivity index (χ2n) is 34.1. The first-order chi connectivity index (χ1) is 54.7. The Balaban J connectivity index is 0.000000173. The molecule has 0 unspecified atom stereocenters. The third kappa shape index (κ3) is 24.8. The number of esters is 6. The van der Waals surface area contributed by atoms with Crippen LogP contribution in [0.1, 0.15) is 286 Å². The molecule has 0 radical (unpaired) electrons. The van der Waals surface area contributed by atoms with Crippen molar-refractivity contribution in [1.82, 2.24) is 0 Å². The van der Waals surface area contributed by atoms with Crippen molar-refractivity contribution in [2.45, 2.75) is 289 Å². The molecule has 0 N–H and O–H groups in total. The summed E-state index contributed by atoms with van der Waals surface area (Å²) in [4.78, 5) is 71.5. The van der Waals surface area contributed by atoms with E-state index in [-0.39, 0.29) is 41.2 Å². The Bertz CT molecular complexity index is 4470. The summed E-state index contributed by atoms with van der Waals surface area (Å²) in [5.41, 5.74) is 10.7. The van der Waals surface area contributed by atoms with Crippen LogP contribution in [0.25, 0.3) is 10.8 Å². The van der Waals surface area contributed by atoms with Gasteiger partial charge in [0.25, 0.3) is 0 Å². The molecule has 6 aliphatic carbocycles. The van der Waals surface area contributed by atoms with Crippen molar-refractivity contribution < 1.29 is 57.2 Å². The summed E-state index contributed by atoms with van der Waals surface area (Å²) in [5.74, 6) is -1.68. The minimum Gasteiger partial charge on any atom is -0.451 e. The summed E-state index contributed by atoms with van der Waals surface area (Å²) < 4.78 is 34.8. The smallest absolute Gasteiger partial charge is 0.333 e. The quantitative estimate of drug-likeness (QED) is 0.0456. The number of rotatable bonds is 18. The lowest BCUT2D eigenvalue weighted by molar-refractivity contribution is -0.161. The van der Waals surface area contributed by atoms with E-state index in [0.29, 0.717) is 33.4 Å². The predicted octanol–water partition coefficient (Wildman–Crippen LogP) is 25.7. The fraction of sp³-hybridized carbons (Fsp3) is 0.437. The number of carbonyl (C=O) groups is 6. The SMILES string of the molecule is C=C(C)C(=O)OC1(c2ccc(C(C)(C)C)cc2)CCCCC1.C=C(C)C(=O)OC1(c2ccc(C)cc2)CCCC1.C=C(C)C(=O)OC1(c2ccc(C)cc2)CCCCC1.C=C(C)C(=O)OC1(c2ccc3ccccc3c2)CCCC1.C=C(C)C(=O)OC1(c2ccccc2)CCCC1.C=C(C)C(=O)OC1(c2ccccc2)CCCCC1. The van der Waals surface area contributed by atoms with Gasteiger partial charge in [0, 0.05) is 33.4 Å². The van der Waals surface area contributed by atoms with Crippen molar-refractivity contribution in [2.24, 2.45) is 0 Å². The zero-order valence-electron chi connectivity index (χ0n) is 71.0. The lowest BCUT2D eigenvalue weighted by Gasteiger charge is -2.37. The molecule has 6 saturated carbocycles. The molecule has 7 aromatic rings. The number of benzene rings is 7.